The quantitative estimate of drug-likeness (QED) is 0.692. The summed E-state index contributed by atoms with van der Waals surface area (Å²) in [4.78, 5) is 8.57. The first kappa shape index (κ1) is 10.4. The smallest absolute Gasteiger partial charge is 0.166 e. The molecule has 17 heavy (non-hydrogen) atoms. The number of halogens is 1. The van der Waals surface area contributed by atoms with Crippen LogP contribution in [0.25, 0.3) is 16.7 Å². The average molecular weight is 289 g/mol. The maximum atomic E-state index is 4.42. The molecule has 3 rings (SSSR count). The van der Waals surface area contributed by atoms with E-state index in [1.807, 2.05) is 35.9 Å². The van der Waals surface area contributed by atoms with Crippen LogP contribution in [-0.2, 0) is 0 Å². The molecule has 2 heterocycles. The van der Waals surface area contributed by atoms with Crippen LogP contribution in [0.1, 0.15) is 5.82 Å². The zero-order valence-electron chi connectivity index (χ0n) is 9.13. The molecule has 0 N–H and O–H groups in total. The van der Waals surface area contributed by atoms with Crippen molar-refractivity contribution in [2.45, 2.75) is 6.92 Å². The van der Waals surface area contributed by atoms with Crippen LogP contribution < -0.4 is 0 Å². The van der Waals surface area contributed by atoms with Gasteiger partial charge < -0.3 is 0 Å². The van der Waals surface area contributed by atoms with Crippen molar-refractivity contribution < 1.29 is 0 Å². The van der Waals surface area contributed by atoms with E-state index < -0.39 is 0 Å². The standard InChI is InChI=1S/C12H9BrN4/c1-8-14-6-9-7-15-17(12(9)16-8)11-4-2-3-10(13)5-11/h2-7H,1H3. The van der Waals surface area contributed by atoms with Crippen molar-refractivity contribution in [3.05, 3.63) is 47.0 Å². The van der Waals surface area contributed by atoms with E-state index in [1.54, 1.807) is 12.4 Å². The molecule has 0 aliphatic rings. The third-order valence-electron chi connectivity index (χ3n) is 2.48. The van der Waals surface area contributed by atoms with Crippen molar-refractivity contribution in [3.63, 3.8) is 0 Å². The molecule has 0 aliphatic carbocycles. The topological polar surface area (TPSA) is 43.6 Å². The van der Waals surface area contributed by atoms with Crippen LogP contribution in [0.3, 0.4) is 0 Å². The molecule has 0 fully saturated rings. The number of aryl methyl sites for hydroxylation is 1. The second kappa shape index (κ2) is 3.92. The Morgan fingerprint density at radius 1 is 1.24 bits per heavy atom. The van der Waals surface area contributed by atoms with Gasteiger partial charge in [0.2, 0.25) is 0 Å². The highest BCUT2D eigenvalue weighted by Gasteiger charge is 2.06. The number of nitrogens with zero attached hydrogens (tertiary/aromatic N) is 4. The van der Waals surface area contributed by atoms with E-state index in [0.717, 1.165) is 27.0 Å². The molecule has 0 aliphatic heterocycles. The van der Waals surface area contributed by atoms with Crippen LogP contribution in [0.4, 0.5) is 0 Å². The van der Waals surface area contributed by atoms with Gasteiger partial charge in [-0.15, -0.1) is 0 Å². The molecule has 4 nitrogen and oxygen atoms in total. The van der Waals surface area contributed by atoms with Gasteiger partial charge in [0, 0.05) is 10.7 Å². The highest BCUT2D eigenvalue weighted by Crippen LogP contribution is 2.19. The van der Waals surface area contributed by atoms with Gasteiger partial charge in [-0.05, 0) is 25.1 Å². The predicted octanol–water partition coefficient (Wildman–Crippen LogP) is 2.89. The number of rotatable bonds is 1. The molecule has 84 valence electrons. The fourth-order valence-corrected chi connectivity index (χ4v) is 2.09. The second-order valence-corrected chi connectivity index (χ2v) is 4.65. The summed E-state index contributed by atoms with van der Waals surface area (Å²) in [7, 11) is 0. The molecule has 3 aromatic rings. The molecule has 0 spiro atoms. The Hall–Kier alpha value is -1.75. The van der Waals surface area contributed by atoms with Crippen LogP contribution in [0, 0.1) is 6.92 Å². The molecule has 0 atom stereocenters. The number of benzene rings is 1. The van der Waals surface area contributed by atoms with Crippen molar-refractivity contribution in [3.8, 4) is 5.69 Å². The monoisotopic (exact) mass is 288 g/mol. The minimum absolute atomic E-state index is 0.745. The van der Waals surface area contributed by atoms with E-state index in [2.05, 4.69) is 31.0 Å². The minimum Gasteiger partial charge on any atom is -0.241 e. The number of hydrogen-bond acceptors (Lipinski definition) is 3. The van der Waals surface area contributed by atoms with E-state index in [-0.39, 0.29) is 0 Å². The first-order valence-electron chi connectivity index (χ1n) is 5.17. The summed E-state index contributed by atoms with van der Waals surface area (Å²) in [5.41, 5.74) is 1.81. The SMILES string of the molecule is Cc1ncc2cnn(-c3cccc(Br)c3)c2n1. The van der Waals surface area contributed by atoms with Gasteiger partial charge in [-0.2, -0.15) is 5.10 Å². The third kappa shape index (κ3) is 1.82. The molecule has 0 saturated carbocycles. The lowest BCUT2D eigenvalue weighted by Gasteiger charge is -2.03. The second-order valence-electron chi connectivity index (χ2n) is 3.73. The van der Waals surface area contributed by atoms with Crippen molar-refractivity contribution in [1.82, 2.24) is 19.7 Å². The number of fused-ring (bicyclic) bond motifs is 1. The van der Waals surface area contributed by atoms with Crippen LogP contribution in [-0.4, -0.2) is 19.7 Å². The summed E-state index contributed by atoms with van der Waals surface area (Å²) in [6.45, 7) is 1.87. The van der Waals surface area contributed by atoms with E-state index in [0.29, 0.717) is 0 Å². The Morgan fingerprint density at radius 2 is 2.12 bits per heavy atom. The molecule has 0 bridgehead atoms. The van der Waals surface area contributed by atoms with Crippen molar-refractivity contribution in [2.75, 3.05) is 0 Å². The molecular weight excluding hydrogens is 280 g/mol. The molecule has 0 amide bonds. The summed E-state index contributed by atoms with van der Waals surface area (Å²) in [6.07, 6.45) is 3.56. The van der Waals surface area contributed by atoms with Gasteiger partial charge in [0.25, 0.3) is 0 Å². The molecule has 5 heteroatoms. The summed E-state index contributed by atoms with van der Waals surface area (Å²) in [6, 6.07) is 7.95. The fourth-order valence-electron chi connectivity index (χ4n) is 1.70. The fraction of sp³-hybridized carbons (Fsp3) is 0.0833. The van der Waals surface area contributed by atoms with Gasteiger partial charge in [0.15, 0.2) is 5.65 Å². The molecule has 1 aromatic carbocycles. The maximum Gasteiger partial charge on any atom is 0.166 e. The lowest BCUT2D eigenvalue weighted by molar-refractivity contribution is 0.889. The van der Waals surface area contributed by atoms with Gasteiger partial charge in [-0.3, -0.25) is 0 Å². The third-order valence-corrected chi connectivity index (χ3v) is 2.98. The Kier molecular flexibility index (Phi) is 2.40. The number of aromatic nitrogens is 4. The zero-order chi connectivity index (χ0) is 11.8. The Morgan fingerprint density at radius 3 is 2.94 bits per heavy atom. The Labute approximate surface area is 106 Å². The predicted molar refractivity (Wildman–Crippen MR) is 69.1 cm³/mol. The average Bonchev–Trinajstić information content (AvgIpc) is 2.71. The Balaban J connectivity index is 2.27. The molecule has 0 saturated heterocycles. The Bertz CT molecular complexity index is 690. The van der Waals surface area contributed by atoms with E-state index in [4.69, 9.17) is 0 Å². The molecule has 0 radical (unpaired) electrons. The van der Waals surface area contributed by atoms with Crippen molar-refractivity contribution in [1.29, 1.82) is 0 Å². The van der Waals surface area contributed by atoms with Crippen LogP contribution in [0.2, 0.25) is 0 Å². The van der Waals surface area contributed by atoms with Crippen LogP contribution >= 0.6 is 15.9 Å². The molecule has 2 aromatic heterocycles. The maximum absolute atomic E-state index is 4.42. The normalized spacial score (nSPS) is 10.9. The lowest BCUT2D eigenvalue weighted by Crippen LogP contribution is -1.98. The van der Waals surface area contributed by atoms with Crippen LogP contribution in [0.15, 0.2) is 41.1 Å². The largest absolute Gasteiger partial charge is 0.241 e. The van der Waals surface area contributed by atoms with Crippen molar-refractivity contribution in [2.24, 2.45) is 0 Å². The van der Waals surface area contributed by atoms with Gasteiger partial charge >= 0.3 is 0 Å². The minimum atomic E-state index is 0.745. The van der Waals surface area contributed by atoms with Gasteiger partial charge in [0.05, 0.1) is 17.3 Å². The zero-order valence-corrected chi connectivity index (χ0v) is 10.7. The van der Waals surface area contributed by atoms with Gasteiger partial charge in [-0.1, -0.05) is 22.0 Å². The van der Waals surface area contributed by atoms with E-state index in [1.165, 1.54) is 0 Å². The highest BCUT2D eigenvalue weighted by molar-refractivity contribution is 9.10. The van der Waals surface area contributed by atoms with E-state index in [9.17, 15) is 0 Å². The van der Waals surface area contributed by atoms with Crippen molar-refractivity contribution >= 4 is 27.0 Å². The lowest BCUT2D eigenvalue weighted by atomic mass is 10.3. The molecule has 0 unspecified atom stereocenters. The summed E-state index contributed by atoms with van der Waals surface area (Å²) in [5.74, 6) is 0.745. The molecular formula is C12H9BrN4. The van der Waals surface area contributed by atoms with E-state index >= 15 is 0 Å². The van der Waals surface area contributed by atoms with Gasteiger partial charge in [-0.25, -0.2) is 14.6 Å². The summed E-state index contributed by atoms with van der Waals surface area (Å²) in [5, 5.41) is 5.28. The van der Waals surface area contributed by atoms with Crippen LogP contribution in [0.5, 0.6) is 0 Å². The van der Waals surface area contributed by atoms with Gasteiger partial charge in [0.1, 0.15) is 5.82 Å². The first-order chi connectivity index (χ1) is 8.24. The summed E-state index contributed by atoms with van der Waals surface area (Å²) < 4.78 is 2.83. The first-order valence-corrected chi connectivity index (χ1v) is 5.97. The number of hydrogen-bond donors (Lipinski definition) is 0. The summed E-state index contributed by atoms with van der Waals surface area (Å²) >= 11 is 3.45. The highest BCUT2D eigenvalue weighted by atomic mass is 79.9.